The number of hydrogen-bond acceptors (Lipinski definition) is 3. The van der Waals surface area contributed by atoms with Crippen LogP contribution in [-0.2, 0) is 11.3 Å². The van der Waals surface area contributed by atoms with Gasteiger partial charge in [0.05, 0.1) is 13.2 Å². The van der Waals surface area contributed by atoms with Gasteiger partial charge < -0.3 is 14.8 Å². The molecule has 2 aromatic carbocycles. The molecule has 0 saturated carbocycles. The molecule has 0 bridgehead atoms. The molecular formula is C22H29NO2. The van der Waals surface area contributed by atoms with E-state index in [1.54, 1.807) is 0 Å². The topological polar surface area (TPSA) is 30.5 Å². The Labute approximate surface area is 151 Å². The summed E-state index contributed by atoms with van der Waals surface area (Å²) in [4.78, 5) is 0. The Morgan fingerprint density at radius 1 is 1.00 bits per heavy atom. The predicted octanol–water partition coefficient (Wildman–Crippen LogP) is 4.39. The molecule has 0 amide bonds. The number of ether oxygens (including phenoxy) is 2. The van der Waals surface area contributed by atoms with Gasteiger partial charge in [-0.2, -0.15) is 0 Å². The van der Waals surface area contributed by atoms with Crippen LogP contribution < -0.4 is 10.1 Å². The molecule has 25 heavy (non-hydrogen) atoms. The van der Waals surface area contributed by atoms with Crippen LogP contribution in [0.1, 0.15) is 36.8 Å². The van der Waals surface area contributed by atoms with Crippen molar-refractivity contribution in [1.29, 1.82) is 0 Å². The average Bonchev–Trinajstić information content (AvgIpc) is 2.69. The summed E-state index contributed by atoms with van der Waals surface area (Å²) < 4.78 is 11.5. The van der Waals surface area contributed by atoms with E-state index in [1.807, 2.05) is 18.2 Å². The van der Waals surface area contributed by atoms with Crippen molar-refractivity contribution in [3.63, 3.8) is 0 Å². The first kappa shape index (κ1) is 18.0. The molecule has 1 fully saturated rings. The number of nitrogens with one attached hydrogen (secondary N) is 1. The van der Waals surface area contributed by atoms with E-state index in [0.29, 0.717) is 25.7 Å². The van der Waals surface area contributed by atoms with E-state index in [-0.39, 0.29) is 0 Å². The monoisotopic (exact) mass is 339 g/mol. The molecule has 3 nitrogen and oxygen atoms in total. The van der Waals surface area contributed by atoms with Gasteiger partial charge in [-0.1, -0.05) is 55.8 Å². The lowest BCUT2D eigenvalue weighted by Crippen LogP contribution is -2.35. The summed E-state index contributed by atoms with van der Waals surface area (Å²) in [5.41, 5.74) is 2.64. The van der Waals surface area contributed by atoms with Gasteiger partial charge in [0.25, 0.3) is 0 Å². The smallest absolute Gasteiger partial charge is 0.119 e. The molecule has 1 saturated heterocycles. The Hall–Kier alpha value is -1.84. The van der Waals surface area contributed by atoms with Crippen LogP contribution >= 0.6 is 0 Å². The van der Waals surface area contributed by atoms with Crippen LogP contribution in [0, 0.1) is 5.92 Å². The van der Waals surface area contributed by atoms with Crippen LogP contribution in [-0.4, -0.2) is 26.3 Å². The molecular weight excluding hydrogens is 310 g/mol. The highest BCUT2D eigenvalue weighted by molar-refractivity contribution is 5.30. The van der Waals surface area contributed by atoms with E-state index in [1.165, 1.54) is 24.0 Å². The fourth-order valence-corrected chi connectivity index (χ4v) is 3.58. The molecule has 0 spiro atoms. The summed E-state index contributed by atoms with van der Waals surface area (Å²) in [5, 5.41) is 3.51. The minimum Gasteiger partial charge on any atom is -0.491 e. The van der Waals surface area contributed by atoms with Crippen LogP contribution in [0.4, 0.5) is 0 Å². The Balaban J connectivity index is 1.41. The molecule has 1 heterocycles. The van der Waals surface area contributed by atoms with Crippen molar-refractivity contribution < 1.29 is 9.47 Å². The first-order valence-electron chi connectivity index (χ1n) is 9.42. The highest BCUT2D eigenvalue weighted by atomic mass is 16.5. The third-order valence-electron chi connectivity index (χ3n) is 5.05. The zero-order chi connectivity index (χ0) is 17.3. The second kappa shape index (κ2) is 9.59. The largest absolute Gasteiger partial charge is 0.491 e. The maximum absolute atomic E-state index is 5.80. The molecule has 1 N–H and O–H groups in total. The van der Waals surface area contributed by atoms with Gasteiger partial charge in [0.15, 0.2) is 0 Å². The summed E-state index contributed by atoms with van der Waals surface area (Å²) in [6.07, 6.45) is 2.46. The second-order valence-electron chi connectivity index (χ2n) is 6.72. The van der Waals surface area contributed by atoms with Gasteiger partial charge in [-0.25, -0.2) is 0 Å². The summed E-state index contributed by atoms with van der Waals surface area (Å²) in [7, 11) is 0. The van der Waals surface area contributed by atoms with Crippen LogP contribution in [0.15, 0.2) is 54.6 Å². The lowest BCUT2D eigenvalue weighted by molar-refractivity contribution is 0.0889. The van der Waals surface area contributed by atoms with Gasteiger partial charge in [0.2, 0.25) is 0 Å². The predicted molar refractivity (Wildman–Crippen MR) is 102 cm³/mol. The van der Waals surface area contributed by atoms with E-state index in [2.05, 4.69) is 48.6 Å². The van der Waals surface area contributed by atoms with Crippen molar-refractivity contribution >= 4 is 0 Å². The van der Waals surface area contributed by atoms with Gasteiger partial charge in [-0.3, -0.25) is 0 Å². The maximum Gasteiger partial charge on any atom is 0.119 e. The molecule has 0 radical (unpaired) electrons. The van der Waals surface area contributed by atoms with E-state index < -0.39 is 0 Å². The molecule has 134 valence electrons. The van der Waals surface area contributed by atoms with E-state index in [9.17, 15) is 0 Å². The molecule has 1 aliphatic heterocycles. The average molecular weight is 339 g/mol. The zero-order valence-corrected chi connectivity index (χ0v) is 15.1. The van der Waals surface area contributed by atoms with Gasteiger partial charge in [0.1, 0.15) is 12.4 Å². The minimum absolute atomic E-state index is 0.580. The number of benzene rings is 2. The molecule has 2 aromatic rings. The minimum atomic E-state index is 0.580. The molecule has 3 rings (SSSR count). The molecule has 0 aromatic heterocycles. The third kappa shape index (κ3) is 5.32. The van der Waals surface area contributed by atoms with Crippen molar-refractivity contribution in [1.82, 2.24) is 5.32 Å². The Morgan fingerprint density at radius 2 is 1.80 bits per heavy atom. The van der Waals surface area contributed by atoms with Crippen molar-refractivity contribution in [2.24, 2.45) is 5.92 Å². The normalized spacial score (nSPS) is 20.4. The first-order chi connectivity index (χ1) is 12.4. The van der Waals surface area contributed by atoms with Crippen molar-refractivity contribution in [3.05, 3.63) is 65.7 Å². The van der Waals surface area contributed by atoms with Crippen LogP contribution in [0.5, 0.6) is 5.75 Å². The van der Waals surface area contributed by atoms with E-state index in [0.717, 1.165) is 24.8 Å². The maximum atomic E-state index is 5.80. The fourth-order valence-electron chi connectivity index (χ4n) is 3.58. The fraction of sp³-hybridized carbons (Fsp3) is 0.455. The second-order valence-corrected chi connectivity index (χ2v) is 6.72. The van der Waals surface area contributed by atoms with Gasteiger partial charge >= 0.3 is 0 Å². The lowest BCUT2D eigenvalue weighted by atomic mass is 9.80. The highest BCUT2D eigenvalue weighted by Gasteiger charge is 2.24. The molecule has 3 heteroatoms. The molecule has 1 aliphatic rings. The van der Waals surface area contributed by atoms with Crippen molar-refractivity contribution in [3.8, 4) is 5.75 Å². The Bertz CT molecular complexity index is 612. The number of rotatable bonds is 8. The highest BCUT2D eigenvalue weighted by Crippen LogP contribution is 2.33. The number of piperidine rings is 1. The number of hydrogen-bond donors (Lipinski definition) is 1. The Kier molecular flexibility index (Phi) is 6.89. The summed E-state index contributed by atoms with van der Waals surface area (Å²) in [5.74, 6) is 2.34. The van der Waals surface area contributed by atoms with Gasteiger partial charge in [0, 0.05) is 0 Å². The molecule has 2 atom stereocenters. The standard InChI is InChI=1S/C22H29NO2/c1-2-19-16-23-13-12-22(19)20-8-10-21(11-9-20)25-15-14-24-17-18-6-4-3-5-7-18/h3-11,19,22-23H,2,12-17H2,1H3/t19-,22?/m0/s1. The van der Waals surface area contributed by atoms with Crippen molar-refractivity contribution in [2.45, 2.75) is 32.3 Å². The van der Waals surface area contributed by atoms with Crippen LogP contribution in [0.3, 0.4) is 0 Å². The SMILES string of the molecule is CC[C@H]1CNCCC1c1ccc(OCCOCc2ccccc2)cc1. The van der Waals surface area contributed by atoms with Gasteiger partial charge in [-0.05, 0) is 54.6 Å². The van der Waals surface area contributed by atoms with Crippen LogP contribution in [0.25, 0.3) is 0 Å². The van der Waals surface area contributed by atoms with Gasteiger partial charge in [-0.15, -0.1) is 0 Å². The zero-order valence-electron chi connectivity index (χ0n) is 15.1. The van der Waals surface area contributed by atoms with E-state index >= 15 is 0 Å². The quantitative estimate of drug-likeness (QED) is 0.724. The molecule has 0 aliphatic carbocycles. The summed E-state index contributed by atoms with van der Waals surface area (Å²) in [6, 6.07) is 18.9. The third-order valence-corrected chi connectivity index (χ3v) is 5.05. The van der Waals surface area contributed by atoms with Crippen LogP contribution in [0.2, 0.25) is 0 Å². The molecule has 1 unspecified atom stereocenters. The lowest BCUT2D eigenvalue weighted by Gasteiger charge is -2.32. The summed E-state index contributed by atoms with van der Waals surface area (Å²) >= 11 is 0. The first-order valence-corrected chi connectivity index (χ1v) is 9.42. The van der Waals surface area contributed by atoms with E-state index in [4.69, 9.17) is 9.47 Å². The summed E-state index contributed by atoms with van der Waals surface area (Å²) in [6.45, 7) is 6.37. The Morgan fingerprint density at radius 3 is 2.56 bits per heavy atom. The van der Waals surface area contributed by atoms with Crippen molar-refractivity contribution in [2.75, 3.05) is 26.3 Å².